The molecule has 0 N–H and O–H groups in total. The zero-order valence-corrected chi connectivity index (χ0v) is 36.7. The van der Waals surface area contributed by atoms with E-state index in [1.54, 1.807) is 10.8 Å². The summed E-state index contributed by atoms with van der Waals surface area (Å²) in [6.07, 6.45) is 16.4. The lowest BCUT2D eigenvalue weighted by Gasteiger charge is -2.33. The van der Waals surface area contributed by atoms with Crippen molar-refractivity contribution in [2.75, 3.05) is 0 Å². The predicted molar refractivity (Wildman–Crippen MR) is 243 cm³/mol. The third kappa shape index (κ3) is 6.77. The van der Waals surface area contributed by atoms with Gasteiger partial charge in [-0.15, -0.1) is 0 Å². The molecule has 1 aliphatic carbocycles. The number of rotatable bonds is 5. The van der Waals surface area contributed by atoms with Crippen molar-refractivity contribution in [3.05, 3.63) is 139 Å². The van der Waals surface area contributed by atoms with Crippen molar-refractivity contribution >= 4 is 43.0 Å². The monoisotopic (exact) mass is 768 g/mol. The lowest BCUT2D eigenvalue weighted by atomic mass is 9.76. The molecule has 6 aromatic rings. The molecule has 1 saturated carbocycles. The second kappa shape index (κ2) is 14.5. The quantitative estimate of drug-likeness (QED) is 0.122. The Hall–Kier alpha value is -4.39. The van der Waals surface area contributed by atoms with E-state index in [2.05, 4.69) is 164 Å². The molecule has 0 amide bonds. The van der Waals surface area contributed by atoms with Crippen molar-refractivity contribution in [1.29, 1.82) is 0 Å². The summed E-state index contributed by atoms with van der Waals surface area (Å²) in [5.41, 5.74) is 13.9. The summed E-state index contributed by atoms with van der Waals surface area (Å²) in [5.74, 6) is 1.19. The number of benzene rings is 4. The number of pyridine rings is 2. The lowest BCUT2D eigenvalue weighted by molar-refractivity contribution is -0.719. The molecule has 284 valence electrons. The van der Waals surface area contributed by atoms with Crippen LogP contribution in [0.5, 0.6) is 0 Å². The normalized spacial score (nSPS) is 18.7. The zero-order chi connectivity index (χ0) is 38.8. The molecule has 3 aliphatic rings. The minimum atomic E-state index is -1.80. The molecular formula is C52H60N2Si2+2. The van der Waals surface area contributed by atoms with Gasteiger partial charge in [0.15, 0.2) is 24.1 Å². The third-order valence-electron chi connectivity index (χ3n) is 13.5. The van der Waals surface area contributed by atoms with Crippen molar-refractivity contribution < 1.29 is 9.13 Å². The number of nitrogens with zero attached hydrogens (tertiary/aromatic N) is 2. The van der Waals surface area contributed by atoms with E-state index in [4.69, 9.17) is 6.58 Å². The standard InChI is InChI=1S/C52H60N2Si2/c1-36-30-47-45(43-24-16-17-25-44(43)48-32-41(31-37-18-10-8-11-19-37)50(34-54(47)48)55(2,3)4)29-28-40-27-26-39-22-14-15-23-42(39)52(40)49-33-46(38-20-12-9-13-21-38)51(35-53(36)49)56(5,6)7/h9,12-17,20-27,32-35,37,45,47H,1,8,10-11,18-19,28-31H2,2-7H3/q+2. The van der Waals surface area contributed by atoms with E-state index >= 15 is 0 Å². The highest BCUT2D eigenvalue weighted by Gasteiger charge is 2.44. The molecule has 0 radical (unpaired) electrons. The summed E-state index contributed by atoms with van der Waals surface area (Å²) in [7, 11) is -3.47. The van der Waals surface area contributed by atoms with Gasteiger partial charge in [0.1, 0.15) is 0 Å². The number of aromatic nitrogens is 2. The SMILES string of the molecule is C=C1CC2C(CCc3ccc4ccccc4c3-c3cc(-c4ccccc4)c([Si](C)(C)C)c[n+]31)c1ccccc1-c1cc(CC3CCCCC3)c([Si](C)(C)C)c[n+]12. The van der Waals surface area contributed by atoms with Gasteiger partial charge in [-0.3, -0.25) is 0 Å². The Bertz CT molecular complexity index is 2460. The molecule has 9 rings (SSSR count). The lowest BCUT2D eigenvalue weighted by Crippen LogP contribution is -2.55. The molecule has 2 aromatic heterocycles. The van der Waals surface area contributed by atoms with Gasteiger partial charge in [-0.2, -0.15) is 9.13 Å². The first-order valence-corrected chi connectivity index (χ1v) is 28.5. The number of hydrogen-bond donors (Lipinski definition) is 0. The van der Waals surface area contributed by atoms with Crippen molar-refractivity contribution in [3.8, 4) is 33.6 Å². The number of aryl methyl sites for hydroxylation is 1. The predicted octanol–water partition coefficient (Wildman–Crippen LogP) is 11.8. The van der Waals surface area contributed by atoms with Crippen LogP contribution in [0, 0.1) is 5.92 Å². The average Bonchev–Trinajstić information content (AvgIpc) is 3.19. The topological polar surface area (TPSA) is 7.76 Å². The molecule has 2 nitrogen and oxygen atoms in total. The van der Waals surface area contributed by atoms with Crippen LogP contribution < -0.4 is 19.5 Å². The Balaban J connectivity index is 1.28. The summed E-state index contributed by atoms with van der Waals surface area (Å²) in [6.45, 7) is 20.3. The van der Waals surface area contributed by atoms with Crippen LogP contribution in [0.3, 0.4) is 0 Å². The van der Waals surface area contributed by atoms with Crippen LogP contribution in [0.15, 0.2) is 122 Å². The maximum absolute atomic E-state index is 5.07. The van der Waals surface area contributed by atoms with Gasteiger partial charge in [-0.1, -0.05) is 156 Å². The molecular weight excluding hydrogens is 709 g/mol. The molecule has 0 bridgehead atoms. The summed E-state index contributed by atoms with van der Waals surface area (Å²) < 4.78 is 5.31. The molecule has 4 aromatic carbocycles. The molecule has 2 aliphatic heterocycles. The molecule has 4 heterocycles. The Labute approximate surface area is 338 Å². The third-order valence-corrected chi connectivity index (χ3v) is 17.5. The second-order valence-corrected chi connectivity index (χ2v) is 29.4. The van der Waals surface area contributed by atoms with Crippen LogP contribution in [-0.2, 0) is 12.8 Å². The van der Waals surface area contributed by atoms with Gasteiger partial charge in [0.25, 0.3) is 0 Å². The maximum Gasteiger partial charge on any atom is 0.219 e. The van der Waals surface area contributed by atoms with Gasteiger partial charge in [-0.05, 0) is 76.4 Å². The highest BCUT2D eigenvalue weighted by atomic mass is 28.3. The van der Waals surface area contributed by atoms with Gasteiger partial charge in [-0.25, -0.2) is 0 Å². The van der Waals surface area contributed by atoms with Gasteiger partial charge >= 0.3 is 0 Å². The smallest absolute Gasteiger partial charge is 0.194 e. The summed E-state index contributed by atoms with van der Waals surface area (Å²) in [5, 5.41) is 5.77. The van der Waals surface area contributed by atoms with E-state index in [1.807, 2.05) is 0 Å². The van der Waals surface area contributed by atoms with Gasteiger partial charge < -0.3 is 0 Å². The van der Waals surface area contributed by atoms with E-state index < -0.39 is 16.1 Å². The first-order valence-electron chi connectivity index (χ1n) is 21.5. The largest absolute Gasteiger partial charge is 0.219 e. The molecule has 2 unspecified atom stereocenters. The molecule has 2 atom stereocenters. The zero-order valence-electron chi connectivity index (χ0n) is 34.7. The van der Waals surface area contributed by atoms with E-state index in [9.17, 15) is 0 Å². The maximum atomic E-state index is 5.07. The summed E-state index contributed by atoms with van der Waals surface area (Å²) in [6, 6.07) is 39.8. The molecule has 0 spiro atoms. The fourth-order valence-corrected chi connectivity index (χ4v) is 13.8. The van der Waals surface area contributed by atoms with E-state index in [0.717, 1.165) is 25.2 Å². The van der Waals surface area contributed by atoms with E-state index in [-0.39, 0.29) is 6.04 Å². The molecule has 56 heavy (non-hydrogen) atoms. The molecule has 0 saturated heterocycles. The average molecular weight is 769 g/mol. The molecule has 1 fully saturated rings. The van der Waals surface area contributed by atoms with E-state index in [1.165, 1.54) is 105 Å². The van der Waals surface area contributed by atoms with Crippen LogP contribution in [0.2, 0.25) is 39.3 Å². The summed E-state index contributed by atoms with van der Waals surface area (Å²) >= 11 is 0. The first kappa shape index (κ1) is 37.2. The van der Waals surface area contributed by atoms with Gasteiger partial charge in [0.05, 0.1) is 28.1 Å². The van der Waals surface area contributed by atoms with Crippen LogP contribution in [-0.4, -0.2) is 16.1 Å². The fourth-order valence-electron chi connectivity index (χ4n) is 10.6. The Morgan fingerprint density at radius 1 is 0.661 bits per heavy atom. The minimum Gasteiger partial charge on any atom is -0.194 e. The van der Waals surface area contributed by atoms with Crippen LogP contribution in [0.1, 0.15) is 73.6 Å². The minimum absolute atomic E-state index is 0.276. The Kier molecular flexibility index (Phi) is 9.65. The Morgan fingerprint density at radius 2 is 1.38 bits per heavy atom. The Morgan fingerprint density at radius 3 is 2.14 bits per heavy atom. The first-order chi connectivity index (χ1) is 27.0. The highest BCUT2D eigenvalue weighted by Crippen LogP contribution is 2.45. The van der Waals surface area contributed by atoms with Crippen LogP contribution in [0.4, 0.5) is 0 Å². The van der Waals surface area contributed by atoms with E-state index in [0.29, 0.717) is 5.92 Å². The van der Waals surface area contributed by atoms with Gasteiger partial charge in [0, 0.05) is 34.0 Å². The van der Waals surface area contributed by atoms with Gasteiger partial charge in [0.2, 0.25) is 11.4 Å². The van der Waals surface area contributed by atoms with Crippen molar-refractivity contribution in [3.63, 3.8) is 0 Å². The van der Waals surface area contributed by atoms with Crippen molar-refractivity contribution in [2.45, 2.75) is 109 Å². The fraction of sp³-hybridized carbons (Fsp3) is 0.346. The highest BCUT2D eigenvalue weighted by molar-refractivity contribution is 6.89. The summed E-state index contributed by atoms with van der Waals surface area (Å²) in [4.78, 5) is 0. The second-order valence-electron chi connectivity index (χ2n) is 19.3. The van der Waals surface area contributed by atoms with Crippen molar-refractivity contribution in [1.82, 2.24) is 0 Å². The number of hydrogen-bond acceptors (Lipinski definition) is 0. The van der Waals surface area contributed by atoms with Crippen molar-refractivity contribution in [2.24, 2.45) is 5.92 Å². The van der Waals surface area contributed by atoms with Crippen LogP contribution >= 0.6 is 0 Å². The number of fused-ring (bicyclic) bond motifs is 11. The number of allylic oxidation sites excluding steroid dienone is 1. The van der Waals surface area contributed by atoms with Crippen LogP contribution in [0.25, 0.3) is 50.1 Å². The molecule has 4 heteroatoms.